The van der Waals surface area contributed by atoms with E-state index in [1.165, 1.54) is 31.2 Å². The summed E-state index contributed by atoms with van der Waals surface area (Å²) in [5, 5.41) is 39.4. The van der Waals surface area contributed by atoms with Gasteiger partial charge in [0, 0.05) is 10.6 Å². The highest BCUT2D eigenvalue weighted by atomic mass is 35.5. The fourth-order valence-electron chi connectivity index (χ4n) is 4.88. The molecule has 2 bridgehead atoms. The summed E-state index contributed by atoms with van der Waals surface area (Å²) in [4.78, 5) is 0. The SMILES string of the molecule is CC1C2(c3ccc(Cl)cc3Cl)OC(=N)C1(C#N)C(C#N)(C#N)C(c1ccccc1C(F)(F)F)O2. The van der Waals surface area contributed by atoms with Crippen molar-refractivity contribution in [2.75, 3.05) is 0 Å². The minimum Gasteiger partial charge on any atom is -0.443 e. The van der Waals surface area contributed by atoms with E-state index in [0.717, 1.165) is 18.2 Å². The molecule has 0 spiro atoms. The Morgan fingerprint density at radius 3 is 2.24 bits per heavy atom. The molecular formula is C23H13Cl2F3N4O2. The number of nitrogens with one attached hydrogen (secondary N) is 1. The zero-order chi connectivity index (χ0) is 25.1. The van der Waals surface area contributed by atoms with Crippen molar-refractivity contribution in [2.24, 2.45) is 16.7 Å². The zero-order valence-corrected chi connectivity index (χ0v) is 18.8. The molecule has 2 aromatic rings. The van der Waals surface area contributed by atoms with E-state index in [1.807, 2.05) is 6.07 Å². The number of hydrogen-bond acceptors (Lipinski definition) is 6. The van der Waals surface area contributed by atoms with Gasteiger partial charge in [0.2, 0.25) is 17.1 Å². The number of halogens is 5. The summed E-state index contributed by atoms with van der Waals surface area (Å²) in [5.41, 5.74) is -6.44. The maximum absolute atomic E-state index is 13.9. The lowest BCUT2D eigenvalue weighted by molar-refractivity contribution is -0.289. The summed E-state index contributed by atoms with van der Waals surface area (Å²) in [5.74, 6) is -4.01. The Labute approximate surface area is 202 Å². The number of alkyl halides is 3. The van der Waals surface area contributed by atoms with Gasteiger partial charge in [0.25, 0.3) is 0 Å². The van der Waals surface area contributed by atoms with Gasteiger partial charge in [-0.05, 0) is 29.8 Å². The Morgan fingerprint density at radius 2 is 1.68 bits per heavy atom. The van der Waals surface area contributed by atoms with Gasteiger partial charge in [-0.3, -0.25) is 5.41 Å². The summed E-state index contributed by atoms with van der Waals surface area (Å²) in [6, 6.07) is 13.8. The van der Waals surface area contributed by atoms with E-state index in [4.69, 9.17) is 38.1 Å². The summed E-state index contributed by atoms with van der Waals surface area (Å²) in [7, 11) is 0. The van der Waals surface area contributed by atoms with Gasteiger partial charge in [-0.15, -0.1) is 0 Å². The molecule has 11 heteroatoms. The fraction of sp³-hybridized carbons (Fsp3) is 0.304. The van der Waals surface area contributed by atoms with Crippen molar-refractivity contribution >= 4 is 29.1 Å². The van der Waals surface area contributed by atoms with Gasteiger partial charge < -0.3 is 9.47 Å². The summed E-state index contributed by atoms with van der Waals surface area (Å²) in [6.45, 7) is 1.42. The third-order valence-electron chi connectivity index (χ3n) is 6.52. The molecule has 34 heavy (non-hydrogen) atoms. The first-order valence-electron chi connectivity index (χ1n) is 9.76. The van der Waals surface area contributed by atoms with Crippen LogP contribution in [0.25, 0.3) is 0 Å². The largest absolute Gasteiger partial charge is 0.443 e. The lowest BCUT2D eigenvalue weighted by Crippen LogP contribution is -2.57. The average Bonchev–Trinajstić information content (AvgIpc) is 2.94. The Bertz CT molecular complexity index is 1330. The van der Waals surface area contributed by atoms with Crippen molar-refractivity contribution in [2.45, 2.75) is 25.0 Å². The van der Waals surface area contributed by atoms with E-state index < -0.39 is 51.8 Å². The number of rotatable bonds is 2. The van der Waals surface area contributed by atoms with E-state index in [-0.39, 0.29) is 15.6 Å². The fourth-order valence-corrected chi connectivity index (χ4v) is 5.42. The number of nitrogens with zero attached hydrogens (tertiary/aromatic N) is 3. The highest BCUT2D eigenvalue weighted by Gasteiger charge is 2.80. The predicted molar refractivity (Wildman–Crippen MR) is 113 cm³/mol. The molecule has 4 unspecified atom stereocenters. The molecule has 0 aromatic heterocycles. The molecule has 2 aliphatic rings. The standard InChI is InChI=1S/C23H13Cl2F3N4O2/c1-12-21(11-31)19(32)34-22(12,16-7-6-13(24)8-17(16)25)33-18(20(21,9-29)10-30)14-4-2-3-5-15(14)23(26,27)28/h2-8,12,18,32H,1H3. The lowest BCUT2D eigenvalue weighted by Gasteiger charge is -2.49. The van der Waals surface area contributed by atoms with Crippen molar-refractivity contribution in [3.05, 3.63) is 69.2 Å². The molecule has 2 heterocycles. The predicted octanol–water partition coefficient (Wildman–Crippen LogP) is 6.12. The van der Waals surface area contributed by atoms with Crippen molar-refractivity contribution in [3.8, 4) is 18.2 Å². The Hall–Kier alpha value is -3.29. The molecule has 2 fully saturated rings. The minimum atomic E-state index is -4.86. The smallest absolute Gasteiger partial charge is 0.416 e. The molecule has 2 saturated heterocycles. The molecule has 172 valence electrons. The number of nitriles is 3. The van der Waals surface area contributed by atoms with Crippen molar-refractivity contribution in [3.63, 3.8) is 0 Å². The molecule has 0 aliphatic carbocycles. The van der Waals surface area contributed by atoms with E-state index in [9.17, 15) is 29.0 Å². The second kappa shape index (κ2) is 7.61. The van der Waals surface area contributed by atoms with E-state index >= 15 is 0 Å². The summed E-state index contributed by atoms with van der Waals surface area (Å²) in [6.07, 6.45) is -6.79. The van der Waals surface area contributed by atoms with Crippen molar-refractivity contribution < 1.29 is 22.6 Å². The van der Waals surface area contributed by atoms with Crippen LogP contribution in [0.5, 0.6) is 0 Å². The van der Waals surface area contributed by atoms with Crippen LogP contribution in [-0.2, 0) is 21.4 Å². The molecule has 4 rings (SSSR count). The second-order valence-electron chi connectivity index (χ2n) is 7.98. The molecule has 0 amide bonds. The minimum absolute atomic E-state index is 0.00478. The number of fused-ring (bicyclic) bond motifs is 2. The van der Waals surface area contributed by atoms with Gasteiger partial charge in [0.05, 0.1) is 34.7 Å². The summed E-state index contributed by atoms with van der Waals surface area (Å²) < 4.78 is 53.7. The number of hydrogen-bond donors (Lipinski definition) is 1. The molecule has 0 radical (unpaired) electrons. The maximum atomic E-state index is 13.9. The van der Waals surface area contributed by atoms with Crippen LogP contribution in [-0.4, -0.2) is 5.90 Å². The van der Waals surface area contributed by atoms with Gasteiger partial charge in [0.1, 0.15) is 6.10 Å². The van der Waals surface area contributed by atoms with Crippen LogP contribution in [0.3, 0.4) is 0 Å². The van der Waals surface area contributed by atoms with Crippen molar-refractivity contribution in [1.29, 1.82) is 21.2 Å². The van der Waals surface area contributed by atoms with Gasteiger partial charge in [-0.2, -0.15) is 29.0 Å². The van der Waals surface area contributed by atoms with E-state index in [1.54, 1.807) is 12.1 Å². The van der Waals surface area contributed by atoms with Crippen LogP contribution in [0.2, 0.25) is 10.0 Å². The lowest BCUT2D eigenvalue weighted by atomic mass is 9.53. The Morgan fingerprint density at radius 1 is 1.03 bits per heavy atom. The van der Waals surface area contributed by atoms with Crippen LogP contribution in [0.4, 0.5) is 13.2 Å². The van der Waals surface area contributed by atoms with E-state index in [0.29, 0.717) is 0 Å². The van der Waals surface area contributed by atoms with Gasteiger partial charge in [-0.1, -0.05) is 48.3 Å². The third kappa shape index (κ3) is 2.80. The molecule has 1 N–H and O–H groups in total. The highest BCUT2D eigenvalue weighted by molar-refractivity contribution is 6.35. The third-order valence-corrected chi connectivity index (χ3v) is 7.07. The first kappa shape index (κ1) is 23.9. The number of ether oxygens (including phenoxy) is 2. The van der Waals surface area contributed by atoms with Gasteiger partial charge >= 0.3 is 6.18 Å². The van der Waals surface area contributed by atoms with Crippen LogP contribution in [0, 0.1) is 56.2 Å². The normalized spacial score (nSPS) is 29.4. The molecule has 4 atom stereocenters. The van der Waals surface area contributed by atoms with Gasteiger partial charge in [0.15, 0.2) is 5.41 Å². The monoisotopic (exact) mass is 504 g/mol. The first-order chi connectivity index (χ1) is 15.9. The van der Waals surface area contributed by atoms with Crippen LogP contribution < -0.4 is 0 Å². The summed E-state index contributed by atoms with van der Waals surface area (Å²) >= 11 is 12.4. The molecule has 6 nitrogen and oxygen atoms in total. The molecule has 2 aromatic carbocycles. The first-order valence-corrected chi connectivity index (χ1v) is 10.5. The van der Waals surface area contributed by atoms with Crippen LogP contribution in [0.1, 0.15) is 29.7 Å². The average molecular weight is 505 g/mol. The molecule has 2 aliphatic heterocycles. The van der Waals surface area contributed by atoms with E-state index in [2.05, 4.69) is 0 Å². The molecular weight excluding hydrogens is 492 g/mol. The topological polar surface area (TPSA) is 114 Å². The second-order valence-corrected chi connectivity index (χ2v) is 8.82. The Balaban J connectivity index is 2.11. The maximum Gasteiger partial charge on any atom is 0.416 e. The Kier molecular flexibility index (Phi) is 5.34. The van der Waals surface area contributed by atoms with Crippen LogP contribution >= 0.6 is 23.2 Å². The highest BCUT2D eigenvalue weighted by Crippen LogP contribution is 2.69. The quantitative estimate of drug-likeness (QED) is 0.528. The number of benzene rings is 2. The van der Waals surface area contributed by atoms with Crippen LogP contribution in [0.15, 0.2) is 42.5 Å². The molecule has 0 saturated carbocycles. The zero-order valence-electron chi connectivity index (χ0n) is 17.2. The van der Waals surface area contributed by atoms with Gasteiger partial charge in [-0.25, -0.2) is 0 Å². The van der Waals surface area contributed by atoms with Crippen molar-refractivity contribution in [1.82, 2.24) is 0 Å².